The second-order valence-corrected chi connectivity index (χ2v) is 3.53. The third kappa shape index (κ3) is 1.48. The zero-order valence-electron chi connectivity index (χ0n) is 7.40. The summed E-state index contributed by atoms with van der Waals surface area (Å²) in [5.74, 6) is 0.712. The van der Waals surface area contributed by atoms with Crippen molar-refractivity contribution in [1.82, 2.24) is 9.88 Å². The van der Waals surface area contributed by atoms with E-state index >= 15 is 0 Å². The van der Waals surface area contributed by atoms with Gasteiger partial charge in [0.25, 0.3) is 0 Å². The maximum absolute atomic E-state index is 4.14. The molecular formula is C10H14N2. The van der Waals surface area contributed by atoms with Crippen molar-refractivity contribution in [3.8, 4) is 0 Å². The molecule has 1 aromatic heterocycles. The van der Waals surface area contributed by atoms with Gasteiger partial charge in [0.15, 0.2) is 0 Å². The van der Waals surface area contributed by atoms with E-state index in [0.29, 0.717) is 5.92 Å². The summed E-state index contributed by atoms with van der Waals surface area (Å²) in [6.07, 6.45) is 5.11. The number of hydrogen-bond donors (Lipinski definition) is 0. The van der Waals surface area contributed by atoms with E-state index < -0.39 is 0 Å². The van der Waals surface area contributed by atoms with Gasteiger partial charge in [-0.2, -0.15) is 0 Å². The molecule has 2 heteroatoms. The number of nitrogens with zero attached hydrogens (tertiary/aromatic N) is 2. The van der Waals surface area contributed by atoms with E-state index in [0.717, 1.165) is 0 Å². The molecule has 0 aliphatic carbocycles. The molecule has 0 saturated carbocycles. The Labute approximate surface area is 73.2 Å². The molecule has 1 fully saturated rings. The molecule has 2 heterocycles. The van der Waals surface area contributed by atoms with Crippen molar-refractivity contribution in [2.75, 3.05) is 20.1 Å². The van der Waals surface area contributed by atoms with Crippen LogP contribution >= 0.6 is 0 Å². The average molecular weight is 162 g/mol. The molecular weight excluding hydrogens is 148 g/mol. The summed E-state index contributed by atoms with van der Waals surface area (Å²) in [4.78, 5) is 6.51. The quantitative estimate of drug-likeness (QED) is 0.622. The van der Waals surface area contributed by atoms with Gasteiger partial charge < -0.3 is 4.90 Å². The molecule has 1 aromatic rings. The number of likely N-dealkylation sites (N-methyl/N-ethyl adjacent to an activating group) is 1. The number of aromatic nitrogens is 1. The van der Waals surface area contributed by atoms with E-state index in [2.05, 4.69) is 23.0 Å². The van der Waals surface area contributed by atoms with Crippen molar-refractivity contribution in [2.45, 2.75) is 12.3 Å². The summed E-state index contributed by atoms with van der Waals surface area (Å²) in [7, 11) is 2.18. The van der Waals surface area contributed by atoms with E-state index in [1.54, 1.807) is 0 Å². The molecule has 1 aliphatic rings. The Bertz CT molecular complexity index is 245. The van der Waals surface area contributed by atoms with Crippen LogP contribution in [0, 0.1) is 0 Å². The lowest BCUT2D eigenvalue weighted by molar-refractivity contribution is 0.411. The minimum Gasteiger partial charge on any atom is -0.306 e. The first-order chi connectivity index (χ1) is 5.86. The minimum atomic E-state index is 0.712. The van der Waals surface area contributed by atoms with Gasteiger partial charge in [0, 0.05) is 18.9 Å². The van der Waals surface area contributed by atoms with Gasteiger partial charge >= 0.3 is 0 Å². The van der Waals surface area contributed by atoms with Crippen LogP contribution in [-0.4, -0.2) is 30.0 Å². The monoisotopic (exact) mass is 162 g/mol. The number of pyridine rings is 1. The molecule has 1 atom stereocenters. The normalized spacial score (nSPS) is 24.6. The molecule has 0 spiro atoms. The fraction of sp³-hybridized carbons (Fsp3) is 0.500. The summed E-state index contributed by atoms with van der Waals surface area (Å²) in [6, 6.07) is 4.20. The number of likely N-dealkylation sites (tertiary alicyclic amines) is 1. The summed E-state index contributed by atoms with van der Waals surface area (Å²) in [5, 5.41) is 0. The van der Waals surface area contributed by atoms with Gasteiger partial charge in [-0.1, -0.05) is 6.07 Å². The SMILES string of the molecule is CN1CC[C@@H](c2cccnc2)C1. The van der Waals surface area contributed by atoms with Gasteiger partial charge in [0.05, 0.1) is 0 Å². The van der Waals surface area contributed by atoms with Crippen LogP contribution < -0.4 is 0 Å². The lowest BCUT2D eigenvalue weighted by atomic mass is 10.0. The highest BCUT2D eigenvalue weighted by molar-refractivity contribution is 5.16. The maximum Gasteiger partial charge on any atom is 0.0303 e. The molecule has 0 bridgehead atoms. The van der Waals surface area contributed by atoms with Gasteiger partial charge in [0.2, 0.25) is 0 Å². The summed E-state index contributed by atoms with van der Waals surface area (Å²) >= 11 is 0. The summed E-state index contributed by atoms with van der Waals surface area (Å²) in [5.41, 5.74) is 1.39. The fourth-order valence-corrected chi connectivity index (χ4v) is 1.82. The second-order valence-electron chi connectivity index (χ2n) is 3.53. The molecule has 0 aromatic carbocycles. The number of hydrogen-bond acceptors (Lipinski definition) is 2. The van der Waals surface area contributed by atoms with Crippen molar-refractivity contribution in [1.29, 1.82) is 0 Å². The minimum absolute atomic E-state index is 0.712. The first-order valence-corrected chi connectivity index (χ1v) is 4.45. The first-order valence-electron chi connectivity index (χ1n) is 4.45. The molecule has 0 N–H and O–H groups in total. The van der Waals surface area contributed by atoms with E-state index in [4.69, 9.17) is 0 Å². The van der Waals surface area contributed by atoms with Crippen LogP contribution in [0.2, 0.25) is 0 Å². The van der Waals surface area contributed by atoms with Gasteiger partial charge in [-0.3, -0.25) is 4.98 Å². The van der Waals surface area contributed by atoms with Crippen molar-refractivity contribution in [3.05, 3.63) is 30.1 Å². The van der Waals surface area contributed by atoms with Crippen LogP contribution in [0.4, 0.5) is 0 Å². The third-order valence-corrected chi connectivity index (χ3v) is 2.55. The lowest BCUT2D eigenvalue weighted by Gasteiger charge is -2.09. The zero-order chi connectivity index (χ0) is 8.39. The van der Waals surface area contributed by atoms with E-state index in [-0.39, 0.29) is 0 Å². The smallest absolute Gasteiger partial charge is 0.0303 e. The highest BCUT2D eigenvalue weighted by atomic mass is 15.1. The average Bonchev–Trinajstić information content (AvgIpc) is 2.54. The van der Waals surface area contributed by atoms with Gasteiger partial charge in [-0.05, 0) is 37.6 Å². The Morgan fingerprint density at radius 1 is 1.58 bits per heavy atom. The standard InChI is InChI=1S/C10H14N2/c1-12-6-4-10(8-12)9-3-2-5-11-7-9/h2-3,5,7,10H,4,6,8H2,1H3/t10-/m1/s1. The second kappa shape index (κ2) is 3.23. The van der Waals surface area contributed by atoms with E-state index in [9.17, 15) is 0 Å². The lowest BCUT2D eigenvalue weighted by Crippen LogP contribution is -2.13. The molecule has 0 amide bonds. The van der Waals surface area contributed by atoms with E-state index in [1.165, 1.54) is 25.1 Å². The van der Waals surface area contributed by atoms with Crippen molar-refractivity contribution in [3.63, 3.8) is 0 Å². The summed E-state index contributed by atoms with van der Waals surface area (Å²) in [6.45, 7) is 2.41. The topological polar surface area (TPSA) is 16.1 Å². The van der Waals surface area contributed by atoms with Crippen molar-refractivity contribution >= 4 is 0 Å². The predicted octanol–water partition coefficient (Wildman–Crippen LogP) is 1.50. The molecule has 12 heavy (non-hydrogen) atoms. The first kappa shape index (κ1) is 7.74. The van der Waals surface area contributed by atoms with Crippen LogP contribution in [0.3, 0.4) is 0 Å². The van der Waals surface area contributed by atoms with Crippen LogP contribution in [0.25, 0.3) is 0 Å². The Morgan fingerprint density at radius 2 is 2.50 bits per heavy atom. The highest BCUT2D eigenvalue weighted by Gasteiger charge is 2.20. The van der Waals surface area contributed by atoms with Crippen LogP contribution in [-0.2, 0) is 0 Å². The van der Waals surface area contributed by atoms with Crippen molar-refractivity contribution < 1.29 is 0 Å². The largest absolute Gasteiger partial charge is 0.306 e. The van der Waals surface area contributed by atoms with Crippen LogP contribution in [0.15, 0.2) is 24.5 Å². The Hall–Kier alpha value is -0.890. The third-order valence-electron chi connectivity index (χ3n) is 2.55. The molecule has 2 rings (SSSR count). The molecule has 2 nitrogen and oxygen atoms in total. The highest BCUT2D eigenvalue weighted by Crippen LogP contribution is 2.24. The molecule has 0 radical (unpaired) electrons. The molecule has 64 valence electrons. The Kier molecular flexibility index (Phi) is 2.09. The number of rotatable bonds is 1. The Balaban J connectivity index is 2.11. The zero-order valence-corrected chi connectivity index (χ0v) is 7.40. The van der Waals surface area contributed by atoms with Gasteiger partial charge in [0.1, 0.15) is 0 Å². The van der Waals surface area contributed by atoms with E-state index in [1.807, 2.05) is 18.5 Å². The molecule has 1 saturated heterocycles. The fourth-order valence-electron chi connectivity index (χ4n) is 1.82. The van der Waals surface area contributed by atoms with Crippen molar-refractivity contribution in [2.24, 2.45) is 0 Å². The van der Waals surface area contributed by atoms with Gasteiger partial charge in [-0.15, -0.1) is 0 Å². The van der Waals surface area contributed by atoms with Crippen LogP contribution in [0.1, 0.15) is 17.9 Å². The molecule has 1 aliphatic heterocycles. The predicted molar refractivity (Wildman–Crippen MR) is 49.1 cm³/mol. The van der Waals surface area contributed by atoms with Crippen LogP contribution in [0.5, 0.6) is 0 Å². The van der Waals surface area contributed by atoms with Gasteiger partial charge in [-0.25, -0.2) is 0 Å². The summed E-state index contributed by atoms with van der Waals surface area (Å²) < 4.78 is 0. The molecule has 0 unspecified atom stereocenters. The maximum atomic E-state index is 4.14. The Morgan fingerprint density at radius 3 is 3.08 bits per heavy atom.